The van der Waals surface area contributed by atoms with Gasteiger partial charge >= 0.3 is 0 Å². The second kappa shape index (κ2) is 5.56. The lowest BCUT2D eigenvalue weighted by Gasteiger charge is -2.22. The summed E-state index contributed by atoms with van der Waals surface area (Å²) in [6.45, 7) is 0.549. The van der Waals surface area contributed by atoms with E-state index < -0.39 is 0 Å². The zero-order valence-corrected chi connectivity index (χ0v) is 10.8. The molecule has 2 aromatic rings. The van der Waals surface area contributed by atoms with Gasteiger partial charge in [0.05, 0.1) is 12.8 Å². The molecular weight excluding hydrogens is 224 g/mol. The number of hydrogen-bond acceptors (Lipinski definition) is 3. The third kappa shape index (κ3) is 2.46. The van der Waals surface area contributed by atoms with Gasteiger partial charge < -0.3 is 15.4 Å². The van der Waals surface area contributed by atoms with Gasteiger partial charge in [-0.3, -0.25) is 0 Å². The van der Waals surface area contributed by atoms with Crippen molar-refractivity contribution in [2.24, 2.45) is 5.73 Å². The first-order valence-corrected chi connectivity index (χ1v) is 5.92. The van der Waals surface area contributed by atoms with Crippen molar-refractivity contribution in [3.8, 4) is 5.75 Å². The fourth-order valence-electron chi connectivity index (χ4n) is 1.94. The smallest absolute Gasteiger partial charge is 0.142 e. The molecule has 0 saturated heterocycles. The average molecular weight is 242 g/mol. The molecule has 18 heavy (non-hydrogen) atoms. The first-order valence-electron chi connectivity index (χ1n) is 5.92. The van der Waals surface area contributed by atoms with Gasteiger partial charge in [0.1, 0.15) is 5.75 Å². The van der Waals surface area contributed by atoms with Crippen molar-refractivity contribution in [3.05, 3.63) is 54.1 Å². The van der Waals surface area contributed by atoms with E-state index in [-0.39, 0.29) is 0 Å². The van der Waals surface area contributed by atoms with Crippen LogP contribution in [-0.4, -0.2) is 14.2 Å². The second-order valence-electron chi connectivity index (χ2n) is 4.10. The zero-order chi connectivity index (χ0) is 13.0. The van der Waals surface area contributed by atoms with E-state index in [1.165, 1.54) is 0 Å². The molecule has 0 heterocycles. The van der Waals surface area contributed by atoms with Crippen LogP contribution in [0.4, 0.5) is 11.4 Å². The first-order chi connectivity index (χ1) is 8.76. The molecule has 3 heteroatoms. The second-order valence-corrected chi connectivity index (χ2v) is 4.10. The lowest BCUT2D eigenvalue weighted by Crippen LogP contribution is -2.11. The molecule has 0 aromatic heterocycles. The standard InChI is InChI=1S/C15H18N2O/c1-17(13-7-5-6-12(10-13)11-16)14-8-3-4-9-15(14)18-2/h3-10H,11,16H2,1-2H3. The highest BCUT2D eigenvalue weighted by Crippen LogP contribution is 2.32. The molecule has 0 aliphatic heterocycles. The van der Waals surface area contributed by atoms with Crippen LogP contribution in [0.25, 0.3) is 0 Å². The number of nitrogens with zero attached hydrogens (tertiary/aromatic N) is 1. The Morgan fingerprint density at radius 1 is 1.11 bits per heavy atom. The maximum absolute atomic E-state index is 5.67. The normalized spacial score (nSPS) is 10.2. The molecule has 0 unspecified atom stereocenters. The lowest BCUT2D eigenvalue weighted by molar-refractivity contribution is 0.415. The summed E-state index contributed by atoms with van der Waals surface area (Å²) in [7, 11) is 3.70. The van der Waals surface area contributed by atoms with Crippen LogP contribution >= 0.6 is 0 Å². The Labute approximate surface area is 108 Å². The molecule has 2 N–H and O–H groups in total. The van der Waals surface area contributed by atoms with Gasteiger partial charge in [0, 0.05) is 19.3 Å². The Morgan fingerprint density at radius 3 is 2.61 bits per heavy atom. The summed E-state index contributed by atoms with van der Waals surface area (Å²) < 4.78 is 5.38. The predicted octanol–water partition coefficient (Wildman–Crippen LogP) is 2.92. The van der Waals surface area contributed by atoms with Crippen LogP contribution < -0.4 is 15.4 Å². The Balaban J connectivity index is 2.37. The summed E-state index contributed by atoms with van der Waals surface area (Å²) >= 11 is 0. The van der Waals surface area contributed by atoms with Gasteiger partial charge in [-0.2, -0.15) is 0 Å². The summed E-state index contributed by atoms with van der Waals surface area (Å²) in [5.41, 5.74) is 8.93. The molecule has 0 fully saturated rings. The highest BCUT2D eigenvalue weighted by molar-refractivity contribution is 5.68. The lowest BCUT2D eigenvalue weighted by atomic mass is 10.1. The third-order valence-electron chi connectivity index (χ3n) is 2.98. The van der Waals surface area contributed by atoms with E-state index in [1.54, 1.807) is 7.11 Å². The van der Waals surface area contributed by atoms with E-state index in [4.69, 9.17) is 10.5 Å². The molecule has 3 nitrogen and oxygen atoms in total. The van der Waals surface area contributed by atoms with E-state index in [0.717, 1.165) is 22.7 Å². The molecule has 0 aliphatic carbocycles. The van der Waals surface area contributed by atoms with Crippen molar-refractivity contribution < 1.29 is 4.74 Å². The molecule has 0 bridgehead atoms. The molecule has 0 saturated carbocycles. The van der Waals surface area contributed by atoms with Crippen LogP contribution in [0.5, 0.6) is 5.75 Å². The van der Waals surface area contributed by atoms with Crippen LogP contribution in [0, 0.1) is 0 Å². The van der Waals surface area contributed by atoms with E-state index in [2.05, 4.69) is 17.0 Å². The minimum absolute atomic E-state index is 0.549. The fraction of sp³-hybridized carbons (Fsp3) is 0.200. The molecule has 0 atom stereocenters. The Hall–Kier alpha value is -2.00. The van der Waals surface area contributed by atoms with Crippen LogP contribution in [-0.2, 0) is 6.54 Å². The molecule has 94 valence electrons. The summed E-state index contributed by atoms with van der Waals surface area (Å²) in [5, 5.41) is 0. The first kappa shape index (κ1) is 12.5. The maximum atomic E-state index is 5.67. The third-order valence-corrected chi connectivity index (χ3v) is 2.98. The number of nitrogens with two attached hydrogens (primary N) is 1. The molecule has 0 aliphatic rings. The highest BCUT2D eigenvalue weighted by atomic mass is 16.5. The van der Waals surface area contributed by atoms with Gasteiger partial charge in [-0.25, -0.2) is 0 Å². The monoisotopic (exact) mass is 242 g/mol. The number of ether oxygens (including phenoxy) is 1. The van der Waals surface area contributed by atoms with Crippen LogP contribution in [0.3, 0.4) is 0 Å². The quantitative estimate of drug-likeness (QED) is 0.896. The predicted molar refractivity (Wildman–Crippen MR) is 75.4 cm³/mol. The molecule has 2 aromatic carbocycles. The topological polar surface area (TPSA) is 38.5 Å². The number of hydrogen-bond donors (Lipinski definition) is 1. The van der Waals surface area contributed by atoms with Crippen molar-refractivity contribution >= 4 is 11.4 Å². The molecular formula is C15H18N2O. The summed E-state index contributed by atoms with van der Waals surface area (Å²) in [6, 6.07) is 16.2. The van der Waals surface area contributed by atoms with E-state index in [0.29, 0.717) is 6.54 Å². The minimum Gasteiger partial charge on any atom is -0.495 e. The van der Waals surface area contributed by atoms with Gasteiger partial charge in [0.2, 0.25) is 0 Å². The summed E-state index contributed by atoms with van der Waals surface area (Å²) in [4.78, 5) is 2.10. The number of benzene rings is 2. The molecule has 0 amide bonds. The number of anilines is 2. The summed E-state index contributed by atoms with van der Waals surface area (Å²) in [6.07, 6.45) is 0. The van der Waals surface area contributed by atoms with Gasteiger partial charge in [0.25, 0.3) is 0 Å². The molecule has 0 radical (unpaired) electrons. The molecule has 2 rings (SSSR count). The van der Waals surface area contributed by atoms with Crippen LogP contribution in [0.2, 0.25) is 0 Å². The van der Waals surface area contributed by atoms with E-state index in [1.807, 2.05) is 43.4 Å². The van der Waals surface area contributed by atoms with E-state index >= 15 is 0 Å². The average Bonchev–Trinajstić information content (AvgIpc) is 2.46. The van der Waals surface area contributed by atoms with Crippen LogP contribution in [0.1, 0.15) is 5.56 Å². The van der Waals surface area contributed by atoms with Crippen LogP contribution in [0.15, 0.2) is 48.5 Å². The number of methoxy groups -OCH3 is 1. The zero-order valence-electron chi connectivity index (χ0n) is 10.8. The van der Waals surface area contributed by atoms with Crippen molar-refractivity contribution in [1.29, 1.82) is 0 Å². The Morgan fingerprint density at radius 2 is 1.89 bits per heavy atom. The highest BCUT2D eigenvalue weighted by Gasteiger charge is 2.09. The van der Waals surface area contributed by atoms with Crippen molar-refractivity contribution in [3.63, 3.8) is 0 Å². The maximum Gasteiger partial charge on any atom is 0.142 e. The van der Waals surface area contributed by atoms with Gasteiger partial charge in [0.15, 0.2) is 0 Å². The van der Waals surface area contributed by atoms with Crippen molar-refractivity contribution in [1.82, 2.24) is 0 Å². The van der Waals surface area contributed by atoms with Crippen molar-refractivity contribution in [2.75, 3.05) is 19.1 Å². The van der Waals surface area contributed by atoms with E-state index in [9.17, 15) is 0 Å². The Kier molecular flexibility index (Phi) is 3.85. The molecule has 0 spiro atoms. The Bertz CT molecular complexity index is 525. The van der Waals surface area contributed by atoms with Gasteiger partial charge in [-0.1, -0.05) is 24.3 Å². The minimum atomic E-state index is 0.549. The van der Waals surface area contributed by atoms with Gasteiger partial charge in [-0.15, -0.1) is 0 Å². The largest absolute Gasteiger partial charge is 0.495 e. The number of para-hydroxylation sites is 2. The van der Waals surface area contributed by atoms with Crippen molar-refractivity contribution in [2.45, 2.75) is 6.54 Å². The van der Waals surface area contributed by atoms with Gasteiger partial charge in [-0.05, 0) is 29.8 Å². The SMILES string of the molecule is COc1ccccc1N(C)c1cccc(CN)c1. The fourth-order valence-corrected chi connectivity index (χ4v) is 1.94. The number of rotatable bonds is 4. The summed E-state index contributed by atoms with van der Waals surface area (Å²) in [5.74, 6) is 0.859.